The van der Waals surface area contributed by atoms with Crippen molar-refractivity contribution in [2.75, 3.05) is 16.0 Å². The summed E-state index contributed by atoms with van der Waals surface area (Å²) in [6.45, 7) is 0. The van der Waals surface area contributed by atoms with Crippen LogP contribution in [0.2, 0.25) is 0 Å². The Labute approximate surface area is 172 Å². The third kappa shape index (κ3) is 5.43. The van der Waals surface area contributed by atoms with Crippen molar-refractivity contribution >= 4 is 34.3 Å². The first kappa shape index (κ1) is 20.1. The number of hydrogen-bond donors (Lipinski definition) is 3. The quantitative estimate of drug-likeness (QED) is 0.227. The van der Waals surface area contributed by atoms with Gasteiger partial charge in [-0.1, -0.05) is 24.3 Å². The summed E-state index contributed by atoms with van der Waals surface area (Å²) in [5, 5.41) is 28.7. The second kappa shape index (κ2) is 9.52. The van der Waals surface area contributed by atoms with Gasteiger partial charge in [-0.25, -0.2) is 0 Å². The van der Waals surface area contributed by atoms with Gasteiger partial charge < -0.3 is 16.0 Å². The molecule has 3 rings (SSSR count). The van der Waals surface area contributed by atoms with Crippen LogP contribution in [-0.4, -0.2) is 10.8 Å². The lowest BCUT2D eigenvalue weighted by molar-refractivity contribution is -0.384. The summed E-state index contributed by atoms with van der Waals surface area (Å²) in [6, 6.07) is 24.3. The second-order valence-corrected chi connectivity index (χ2v) is 6.14. The number of benzene rings is 3. The number of nitro benzene ring substituents is 1. The maximum atomic E-state index is 12.3. The van der Waals surface area contributed by atoms with E-state index >= 15 is 0 Å². The minimum absolute atomic E-state index is 0.155. The lowest BCUT2D eigenvalue weighted by Crippen LogP contribution is -2.14. The Morgan fingerprint density at radius 3 is 2.20 bits per heavy atom. The number of hydrogen-bond acceptors (Lipinski definition) is 6. The molecule has 0 saturated carbocycles. The zero-order chi connectivity index (χ0) is 21.3. The van der Waals surface area contributed by atoms with Gasteiger partial charge in [0.1, 0.15) is 11.6 Å². The largest absolute Gasteiger partial charge is 0.360 e. The van der Waals surface area contributed by atoms with Gasteiger partial charge in [-0.15, -0.1) is 0 Å². The van der Waals surface area contributed by atoms with Gasteiger partial charge in [-0.05, 0) is 42.5 Å². The molecule has 0 atom stereocenters. The van der Waals surface area contributed by atoms with Crippen molar-refractivity contribution in [2.45, 2.75) is 0 Å². The third-order valence-corrected chi connectivity index (χ3v) is 4.01. The van der Waals surface area contributed by atoms with Crippen molar-refractivity contribution < 1.29 is 9.72 Å². The van der Waals surface area contributed by atoms with E-state index in [0.29, 0.717) is 5.69 Å². The highest BCUT2D eigenvalue weighted by atomic mass is 16.6. The summed E-state index contributed by atoms with van der Waals surface area (Å²) in [6.07, 6.45) is 1.28. The maximum Gasteiger partial charge on any atom is 0.271 e. The zero-order valence-corrected chi connectivity index (χ0v) is 15.7. The van der Waals surface area contributed by atoms with Crippen LogP contribution in [0.25, 0.3) is 0 Å². The van der Waals surface area contributed by atoms with Gasteiger partial charge in [0.05, 0.1) is 4.92 Å². The number of para-hydroxylation sites is 1. The van der Waals surface area contributed by atoms with Gasteiger partial charge in [0.15, 0.2) is 0 Å². The number of nitrogens with one attached hydrogen (secondary N) is 3. The van der Waals surface area contributed by atoms with E-state index in [2.05, 4.69) is 16.0 Å². The van der Waals surface area contributed by atoms with Gasteiger partial charge in [-0.3, -0.25) is 14.9 Å². The standard InChI is InChI=1S/C22H17N5O3/c23-14-16(22(28)26-20-7-4-8-21(13-20)27(29)30)15-24-17-9-11-19(12-10-17)25-18-5-2-1-3-6-18/h1-13,15,24-25H,(H,26,28)/b16-15-. The van der Waals surface area contributed by atoms with Gasteiger partial charge >= 0.3 is 0 Å². The molecule has 8 nitrogen and oxygen atoms in total. The number of non-ortho nitro benzene ring substituents is 1. The van der Waals surface area contributed by atoms with Gasteiger partial charge in [-0.2, -0.15) is 5.26 Å². The highest BCUT2D eigenvalue weighted by molar-refractivity contribution is 6.06. The molecule has 0 aliphatic rings. The minimum Gasteiger partial charge on any atom is -0.360 e. The number of carbonyl (C=O) groups excluding carboxylic acids is 1. The first-order valence-corrected chi connectivity index (χ1v) is 8.90. The zero-order valence-electron chi connectivity index (χ0n) is 15.7. The Balaban J connectivity index is 1.63. The molecule has 8 heteroatoms. The Kier molecular flexibility index (Phi) is 6.38. The number of anilines is 4. The maximum absolute atomic E-state index is 12.3. The van der Waals surface area contributed by atoms with Gasteiger partial charge in [0, 0.05) is 41.1 Å². The molecule has 0 radical (unpaired) electrons. The summed E-state index contributed by atoms with van der Waals surface area (Å²) < 4.78 is 0. The van der Waals surface area contributed by atoms with E-state index in [-0.39, 0.29) is 16.9 Å². The van der Waals surface area contributed by atoms with Crippen LogP contribution in [0.15, 0.2) is 90.6 Å². The Morgan fingerprint density at radius 1 is 0.900 bits per heavy atom. The Bertz CT molecular complexity index is 1120. The highest BCUT2D eigenvalue weighted by Crippen LogP contribution is 2.20. The average molecular weight is 399 g/mol. The smallest absolute Gasteiger partial charge is 0.271 e. The Hall–Kier alpha value is -4.64. The molecule has 0 aliphatic heterocycles. The predicted octanol–water partition coefficient (Wildman–Crippen LogP) is 4.80. The molecular formula is C22H17N5O3. The summed E-state index contributed by atoms with van der Waals surface area (Å²) >= 11 is 0. The molecule has 3 aromatic rings. The van der Waals surface area contributed by atoms with E-state index in [1.54, 1.807) is 12.1 Å². The topological polar surface area (TPSA) is 120 Å². The van der Waals surface area contributed by atoms with E-state index in [1.165, 1.54) is 30.5 Å². The fraction of sp³-hybridized carbons (Fsp3) is 0. The van der Waals surface area contributed by atoms with E-state index in [0.717, 1.165) is 11.4 Å². The lowest BCUT2D eigenvalue weighted by Gasteiger charge is -2.08. The van der Waals surface area contributed by atoms with Crippen LogP contribution >= 0.6 is 0 Å². The van der Waals surface area contributed by atoms with Gasteiger partial charge in [0.2, 0.25) is 0 Å². The van der Waals surface area contributed by atoms with Crippen molar-refractivity contribution in [3.8, 4) is 6.07 Å². The summed E-state index contributed by atoms with van der Waals surface area (Å²) in [7, 11) is 0. The molecule has 30 heavy (non-hydrogen) atoms. The van der Waals surface area contributed by atoms with Crippen LogP contribution in [-0.2, 0) is 4.79 Å². The summed E-state index contributed by atoms with van der Waals surface area (Å²) in [5.74, 6) is -0.673. The third-order valence-electron chi connectivity index (χ3n) is 4.01. The van der Waals surface area contributed by atoms with Crippen molar-refractivity contribution in [3.63, 3.8) is 0 Å². The number of nitrogens with zero attached hydrogens (tertiary/aromatic N) is 2. The van der Waals surface area contributed by atoms with Crippen molar-refractivity contribution in [1.29, 1.82) is 5.26 Å². The molecular weight excluding hydrogens is 382 g/mol. The second-order valence-electron chi connectivity index (χ2n) is 6.14. The predicted molar refractivity (Wildman–Crippen MR) is 115 cm³/mol. The Morgan fingerprint density at radius 2 is 1.53 bits per heavy atom. The van der Waals surface area contributed by atoms with Crippen LogP contribution in [0.1, 0.15) is 0 Å². The van der Waals surface area contributed by atoms with E-state index in [4.69, 9.17) is 0 Å². The van der Waals surface area contributed by atoms with Crippen LogP contribution in [0.4, 0.5) is 28.4 Å². The molecule has 0 heterocycles. The highest BCUT2D eigenvalue weighted by Gasteiger charge is 2.12. The number of nitro groups is 1. The van der Waals surface area contributed by atoms with Gasteiger partial charge in [0.25, 0.3) is 11.6 Å². The van der Waals surface area contributed by atoms with Crippen LogP contribution in [0.5, 0.6) is 0 Å². The lowest BCUT2D eigenvalue weighted by atomic mass is 10.2. The number of nitriles is 1. The normalized spacial score (nSPS) is 10.6. The summed E-state index contributed by atoms with van der Waals surface area (Å²) in [5.41, 5.74) is 2.43. The first-order chi connectivity index (χ1) is 14.5. The molecule has 0 saturated heterocycles. The minimum atomic E-state index is -0.673. The fourth-order valence-electron chi connectivity index (χ4n) is 2.54. The van der Waals surface area contributed by atoms with E-state index in [1.807, 2.05) is 48.5 Å². The number of rotatable bonds is 7. The fourth-order valence-corrected chi connectivity index (χ4v) is 2.54. The molecule has 3 aromatic carbocycles. The first-order valence-electron chi connectivity index (χ1n) is 8.90. The monoisotopic (exact) mass is 399 g/mol. The molecule has 0 fully saturated rings. The number of amides is 1. The molecule has 0 aliphatic carbocycles. The van der Waals surface area contributed by atoms with E-state index in [9.17, 15) is 20.2 Å². The van der Waals surface area contributed by atoms with Crippen LogP contribution in [0, 0.1) is 21.4 Å². The van der Waals surface area contributed by atoms with E-state index < -0.39 is 10.8 Å². The molecule has 0 bridgehead atoms. The van der Waals surface area contributed by atoms with Crippen LogP contribution < -0.4 is 16.0 Å². The van der Waals surface area contributed by atoms with Crippen LogP contribution in [0.3, 0.4) is 0 Å². The number of carbonyl (C=O) groups is 1. The van der Waals surface area contributed by atoms with Crippen molar-refractivity contribution in [2.24, 2.45) is 0 Å². The summed E-state index contributed by atoms with van der Waals surface area (Å²) in [4.78, 5) is 22.6. The molecule has 0 aromatic heterocycles. The van der Waals surface area contributed by atoms with Crippen molar-refractivity contribution in [1.82, 2.24) is 0 Å². The molecule has 0 unspecified atom stereocenters. The average Bonchev–Trinajstić information content (AvgIpc) is 2.76. The molecule has 0 spiro atoms. The molecule has 1 amide bonds. The van der Waals surface area contributed by atoms with Crippen molar-refractivity contribution in [3.05, 3.63) is 101 Å². The molecule has 3 N–H and O–H groups in total. The SMILES string of the molecule is N#C/C(=C/Nc1ccc(Nc2ccccc2)cc1)C(=O)Nc1cccc([N+](=O)[O-])c1. The molecule has 148 valence electrons.